The van der Waals surface area contributed by atoms with Gasteiger partial charge < -0.3 is 68.9 Å². The summed E-state index contributed by atoms with van der Waals surface area (Å²) in [5.41, 5.74) is -2.61. The molecule has 0 aliphatic heterocycles. The lowest BCUT2D eigenvalue weighted by molar-refractivity contribution is -0.121. The van der Waals surface area contributed by atoms with Crippen LogP contribution in [0.4, 0.5) is 0 Å². The first-order valence-electron chi connectivity index (χ1n) is 18.0. The molecule has 0 bridgehead atoms. The second-order valence-electron chi connectivity index (χ2n) is 13.5. The van der Waals surface area contributed by atoms with Crippen LogP contribution in [0, 0.1) is 21.7 Å². The van der Waals surface area contributed by atoms with Gasteiger partial charge in [-0.15, -0.1) is 0 Å². The molecule has 0 aromatic carbocycles. The molecule has 0 heterocycles. The zero-order chi connectivity index (χ0) is 37.1. The van der Waals surface area contributed by atoms with Gasteiger partial charge in [-0.05, 0) is 32.1 Å². The fourth-order valence-corrected chi connectivity index (χ4v) is 4.58. The standard InChI is InChI=1S/C35H72O14/c1-6-32(7-2,19-36)26-46-17-30(48-28-34(9-4,22-39)23-40)15-44-13-11-43-12-14-45-16-31(49-29-35(10-5,24-41)25-42)18-47-27-33(8-3,20-37)21-38/h30-31,36-42H,6-29H2,1-5H3. The van der Waals surface area contributed by atoms with E-state index < -0.39 is 28.5 Å². The summed E-state index contributed by atoms with van der Waals surface area (Å²) in [7, 11) is 0. The van der Waals surface area contributed by atoms with Gasteiger partial charge in [0.05, 0.1) is 126 Å². The lowest BCUT2D eigenvalue weighted by Crippen LogP contribution is -2.40. The molecule has 2 unspecified atom stereocenters. The maximum absolute atomic E-state index is 9.86. The van der Waals surface area contributed by atoms with Gasteiger partial charge in [-0.1, -0.05) is 34.6 Å². The van der Waals surface area contributed by atoms with Crippen LogP contribution in [0.2, 0.25) is 0 Å². The van der Waals surface area contributed by atoms with E-state index in [0.717, 1.165) is 12.8 Å². The van der Waals surface area contributed by atoms with Crippen molar-refractivity contribution < 1.29 is 68.9 Å². The monoisotopic (exact) mass is 716 g/mol. The van der Waals surface area contributed by atoms with E-state index in [1.807, 2.05) is 34.6 Å². The molecule has 0 radical (unpaired) electrons. The molecule has 0 fully saturated rings. The summed E-state index contributed by atoms with van der Waals surface area (Å²) in [5.74, 6) is 0. The smallest absolute Gasteiger partial charge is 0.104 e. The molecule has 0 spiro atoms. The van der Waals surface area contributed by atoms with E-state index in [1.165, 1.54) is 0 Å². The molecule has 2 atom stereocenters. The van der Waals surface area contributed by atoms with Crippen LogP contribution in [0.3, 0.4) is 0 Å². The van der Waals surface area contributed by atoms with Crippen molar-refractivity contribution in [3.8, 4) is 0 Å². The normalized spacial score (nSPS) is 14.4. The van der Waals surface area contributed by atoms with Crippen molar-refractivity contribution in [2.75, 3.05) is 126 Å². The summed E-state index contributed by atoms with van der Waals surface area (Å²) in [6, 6.07) is 0. The van der Waals surface area contributed by atoms with Gasteiger partial charge in [0.15, 0.2) is 0 Å². The molecule has 0 aromatic heterocycles. The van der Waals surface area contributed by atoms with Crippen LogP contribution in [0.5, 0.6) is 0 Å². The Bertz CT molecular complexity index is 649. The Morgan fingerprint density at radius 2 is 0.612 bits per heavy atom. The topological polar surface area (TPSA) is 206 Å². The maximum atomic E-state index is 9.86. The third kappa shape index (κ3) is 18.2. The van der Waals surface area contributed by atoms with E-state index in [4.69, 9.17) is 33.2 Å². The summed E-state index contributed by atoms with van der Waals surface area (Å²) in [4.78, 5) is 0. The molecular formula is C35H72O14. The number of rotatable bonds is 36. The number of aliphatic hydroxyl groups excluding tert-OH is 7. The highest BCUT2D eigenvalue weighted by Crippen LogP contribution is 2.27. The van der Waals surface area contributed by atoms with E-state index in [1.54, 1.807) is 0 Å². The molecular weight excluding hydrogens is 644 g/mol. The average Bonchev–Trinajstić information content (AvgIpc) is 3.15. The zero-order valence-corrected chi connectivity index (χ0v) is 31.1. The lowest BCUT2D eigenvalue weighted by Gasteiger charge is -2.32. The molecule has 14 heteroatoms. The Balaban J connectivity index is 4.83. The molecule has 0 rings (SSSR count). The van der Waals surface area contributed by atoms with E-state index in [0.29, 0.717) is 45.7 Å². The predicted octanol–water partition coefficient (Wildman–Crippen LogP) is 0.782. The summed E-state index contributed by atoms with van der Waals surface area (Å²) in [6.45, 7) is 11.1. The largest absolute Gasteiger partial charge is 0.396 e. The van der Waals surface area contributed by atoms with Crippen molar-refractivity contribution in [1.82, 2.24) is 0 Å². The predicted molar refractivity (Wildman–Crippen MR) is 184 cm³/mol. The van der Waals surface area contributed by atoms with Gasteiger partial charge in [-0.2, -0.15) is 0 Å². The molecule has 0 amide bonds. The van der Waals surface area contributed by atoms with Gasteiger partial charge in [0.1, 0.15) is 12.2 Å². The maximum Gasteiger partial charge on any atom is 0.104 e. The van der Waals surface area contributed by atoms with E-state index in [2.05, 4.69) is 0 Å². The first-order valence-corrected chi connectivity index (χ1v) is 18.0. The molecule has 7 N–H and O–H groups in total. The molecule has 0 saturated carbocycles. The Kier molecular flexibility index (Phi) is 27.7. The van der Waals surface area contributed by atoms with Gasteiger partial charge in [0, 0.05) is 21.7 Å². The molecule has 0 aliphatic carbocycles. The second kappa shape index (κ2) is 28.0. The summed E-state index contributed by atoms with van der Waals surface area (Å²) in [6.07, 6.45) is 2.19. The average molecular weight is 717 g/mol. The van der Waals surface area contributed by atoms with Crippen LogP contribution in [0.15, 0.2) is 0 Å². The summed E-state index contributed by atoms with van der Waals surface area (Å²) >= 11 is 0. The zero-order valence-electron chi connectivity index (χ0n) is 31.1. The molecule has 0 aliphatic rings. The number of hydrogen-bond acceptors (Lipinski definition) is 14. The van der Waals surface area contributed by atoms with Crippen LogP contribution < -0.4 is 0 Å². The van der Waals surface area contributed by atoms with Crippen molar-refractivity contribution in [2.45, 2.75) is 78.9 Å². The molecule has 296 valence electrons. The van der Waals surface area contributed by atoms with E-state index in [-0.39, 0.29) is 105 Å². The van der Waals surface area contributed by atoms with Gasteiger partial charge in [0.2, 0.25) is 0 Å². The fraction of sp³-hybridized carbons (Fsp3) is 1.00. The van der Waals surface area contributed by atoms with Crippen molar-refractivity contribution in [3.63, 3.8) is 0 Å². The van der Waals surface area contributed by atoms with Gasteiger partial charge in [0.25, 0.3) is 0 Å². The lowest BCUT2D eigenvalue weighted by atomic mass is 9.84. The van der Waals surface area contributed by atoms with E-state index in [9.17, 15) is 35.7 Å². The number of hydrogen-bond donors (Lipinski definition) is 7. The Morgan fingerprint density at radius 3 is 0.918 bits per heavy atom. The quantitative estimate of drug-likeness (QED) is 0.0448. The molecule has 0 saturated heterocycles. The first kappa shape index (κ1) is 48.4. The number of ether oxygens (including phenoxy) is 7. The highest BCUT2D eigenvalue weighted by Gasteiger charge is 2.32. The first-order chi connectivity index (χ1) is 23.6. The van der Waals surface area contributed by atoms with Crippen molar-refractivity contribution >= 4 is 0 Å². The van der Waals surface area contributed by atoms with Crippen molar-refractivity contribution in [2.24, 2.45) is 21.7 Å². The minimum atomic E-state index is -0.785. The Morgan fingerprint density at radius 1 is 0.347 bits per heavy atom. The third-order valence-electron chi connectivity index (χ3n) is 10.1. The van der Waals surface area contributed by atoms with Crippen LogP contribution in [0.25, 0.3) is 0 Å². The molecule has 14 nitrogen and oxygen atoms in total. The third-order valence-corrected chi connectivity index (χ3v) is 10.1. The Labute approximate surface area is 295 Å². The van der Waals surface area contributed by atoms with Crippen molar-refractivity contribution in [3.05, 3.63) is 0 Å². The van der Waals surface area contributed by atoms with Crippen LogP contribution in [-0.2, 0) is 33.2 Å². The van der Waals surface area contributed by atoms with Gasteiger partial charge >= 0.3 is 0 Å². The van der Waals surface area contributed by atoms with Crippen LogP contribution >= 0.6 is 0 Å². The molecule has 49 heavy (non-hydrogen) atoms. The minimum absolute atomic E-state index is 0.0281. The van der Waals surface area contributed by atoms with Gasteiger partial charge in [-0.25, -0.2) is 0 Å². The van der Waals surface area contributed by atoms with Crippen molar-refractivity contribution in [1.29, 1.82) is 0 Å². The fourth-order valence-electron chi connectivity index (χ4n) is 4.58. The van der Waals surface area contributed by atoms with Crippen LogP contribution in [0.1, 0.15) is 66.7 Å². The highest BCUT2D eigenvalue weighted by atomic mass is 16.6. The minimum Gasteiger partial charge on any atom is -0.396 e. The summed E-state index contributed by atoms with van der Waals surface area (Å²) < 4.78 is 41.0. The van der Waals surface area contributed by atoms with Gasteiger partial charge in [-0.3, -0.25) is 0 Å². The van der Waals surface area contributed by atoms with Crippen LogP contribution in [-0.4, -0.2) is 173 Å². The highest BCUT2D eigenvalue weighted by molar-refractivity contribution is 4.79. The number of aliphatic hydroxyl groups is 7. The SMILES string of the molecule is CCC(CC)(CO)COCC(COCCOCCOCC(COCC(CC)(CO)CO)OCC(CC)(CO)CO)OCC(CC)(CO)CO. The van der Waals surface area contributed by atoms with E-state index >= 15 is 0 Å². The molecule has 0 aromatic rings. The Hall–Kier alpha value is -0.560. The second-order valence-corrected chi connectivity index (χ2v) is 13.5. The summed E-state index contributed by atoms with van der Waals surface area (Å²) in [5, 5.41) is 68.5.